The van der Waals surface area contributed by atoms with E-state index in [0.717, 1.165) is 19.3 Å². The van der Waals surface area contributed by atoms with Crippen molar-refractivity contribution in [1.82, 2.24) is 0 Å². The van der Waals surface area contributed by atoms with E-state index >= 15 is 0 Å². The molecule has 0 amide bonds. The molecule has 34 heavy (non-hydrogen) atoms. The Morgan fingerprint density at radius 1 is 0.765 bits per heavy atom. The van der Waals surface area contributed by atoms with E-state index < -0.39 is 17.9 Å². The Hall–Kier alpha value is -3.81. The Labute approximate surface area is 199 Å². The lowest BCUT2D eigenvalue weighted by Crippen LogP contribution is -2.12. The van der Waals surface area contributed by atoms with Crippen LogP contribution in [0.4, 0.5) is 0 Å². The highest BCUT2D eigenvalue weighted by Crippen LogP contribution is 2.20. The van der Waals surface area contributed by atoms with Crippen LogP contribution in [0.15, 0.2) is 60.7 Å². The normalized spacial score (nSPS) is 10.2. The zero-order valence-electron chi connectivity index (χ0n) is 19.5. The SMILES string of the molecule is C=C(CC(=O)OC)C(=O)OCCCCCCOc1ccc(OC(=O)c2ccc(OC)cc2)cc1. The fourth-order valence-corrected chi connectivity index (χ4v) is 2.83. The molecule has 0 aliphatic rings. The molecule has 0 saturated heterocycles. The van der Waals surface area contributed by atoms with Gasteiger partial charge in [0.15, 0.2) is 0 Å². The molecule has 0 bridgehead atoms. The Morgan fingerprint density at radius 3 is 1.97 bits per heavy atom. The van der Waals surface area contributed by atoms with Gasteiger partial charge in [-0.25, -0.2) is 9.59 Å². The Bertz CT molecular complexity index is 948. The number of unbranched alkanes of at least 4 members (excludes halogenated alkanes) is 3. The molecule has 0 saturated carbocycles. The summed E-state index contributed by atoms with van der Waals surface area (Å²) >= 11 is 0. The van der Waals surface area contributed by atoms with Gasteiger partial charge in [-0.15, -0.1) is 0 Å². The zero-order chi connectivity index (χ0) is 24.8. The number of ether oxygens (including phenoxy) is 5. The van der Waals surface area contributed by atoms with Gasteiger partial charge in [0.2, 0.25) is 0 Å². The Kier molecular flexibility index (Phi) is 11.2. The molecule has 2 aromatic rings. The highest BCUT2D eigenvalue weighted by Gasteiger charge is 2.13. The van der Waals surface area contributed by atoms with E-state index in [-0.39, 0.29) is 18.6 Å². The molecule has 0 aliphatic heterocycles. The third-order valence-electron chi connectivity index (χ3n) is 4.77. The summed E-state index contributed by atoms with van der Waals surface area (Å²) in [7, 11) is 2.81. The van der Waals surface area contributed by atoms with Crippen molar-refractivity contribution in [3.63, 3.8) is 0 Å². The minimum Gasteiger partial charge on any atom is -0.497 e. The van der Waals surface area contributed by atoms with Crippen molar-refractivity contribution in [2.75, 3.05) is 27.4 Å². The van der Waals surface area contributed by atoms with Gasteiger partial charge in [-0.05, 0) is 74.2 Å². The molecule has 0 heterocycles. The van der Waals surface area contributed by atoms with Gasteiger partial charge in [-0.2, -0.15) is 0 Å². The first-order valence-corrected chi connectivity index (χ1v) is 10.9. The summed E-state index contributed by atoms with van der Waals surface area (Å²) in [4.78, 5) is 35.0. The summed E-state index contributed by atoms with van der Waals surface area (Å²) in [5.74, 6) is 0.229. The van der Waals surface area contributed by atoms with Crippen molar-refractivity contribution < 1.29 is 38.1 Å². The first kappa shape index (κ1) is 26.4. The van der Waals surface area contributed by atoms with Gasteiger partial charge in [0.1, 0.15) is 17.2 Å². The van der Waals surface area contributed by atoms with Crippen LogP contribution in [0.25, 0.3) is 0 Å². The summed E-state index contributed by atoms with van der Waals surface area (Å²) < 4.78 is 25.7. The minimum atomic E-state index is -0.577. The van der Waals surface area contributed by atoms with Gasteiger partial charge in [0.05, 0.1) is 39.4 Å². The van der Waals surface area contributed by atoms with E-state index in [1.54, 1.807) is 55.6 Å². The second-order valence-electron chi connectivity index (χ2n) is 7.34. The van der Waals surface area contributed by atoms with Crippen molar-refractivity contribution in [3.05, 3.63) is 66.2 Å². The zero-order valence-corrected chi connectivity index (χ0v) is 19.5. The second kappa shape index (κ2) is 14.4. The molecular weight excluding hydrogens is 440 g/mol. The van der Waals surface area contributed by atoms with Gasteiger partial charge < -0.3 is 23.7 Å². The summed E-state index contributed by atoms with van der Waals surface area (Å²) in [6.45, 7) is 4.35. The van der Waals surface area contributed by atoms with Crippen LogP contribution >= 0.6 is 0 Å². The fraction of sp³-hybridized carbons (Fsp3) is 0.346. The second-order valence-corrected chi connectivity index (χ2v) is 7.34. The first-order chi connectivity index (χ1) is 16.4. The van der Waals surface area contributed by atoms with Crippen molar-refractivity contribution in [2.45, 2.75) is 32.1 Å². The number of rotatable bonds is 14. The van der Waals surface area contributed by atoms with Gasteiger partial charge in [-0.3, -0.25) is 4.79 Å². The van der Waals surface area contributed by atoms with E-state index in [4.69, 9.17) is 18.9 Å². The van der Waals surface area contributed by atoms with Crippen LogP contribution in [-0.4, -0.2) is 45.3 Å². The van der Waals surface area contributed by atoms with Crippen LogP contribution < -0.4 is 14.2 Å². The minimum absolute atomic E-state index is 0.0850. The number of esters is 3. The summed E-state index contributed by atoms with van der Waals surface area (Å²) in [5.41, 5.74) is 0.517. The van der Waals surface area contributed by atoms with E-state index in [0.29, 0.717) is 35.8 Å². The standard InChI is InChI=1S/C26H30O8/c1-19(18-24(27)31-3)25(28)33-17-7-5-4-6-16-32-22-12-14-23(15-13-22)34-26(29)20-8-10-21(30-2)11-9-20/h8-15H,1,4-7,16-18H2,2-3H3. The van der Waals surface area contributed by atoms with Crippen LogP contribution in [0.1, 0.15) is 42.5 Å². The number of benzene rings is 2. The van der Waals surface area contributed by atoms with E-state index in [1.807, 2.05) is 0 Å². The number of carbonyl (C=O) groups is 3. The molecule has 2 aromatic carbocycles. The van der Waals surface area contributed by atoms with Gasteiger partial charge >= 0.3 is 17.9 Å². The Balaban J connectivity index is 1.58. The topological polar surface area (TPSA) is 97.4 Å². The molecule has 8 nitrogen and oxygen atoms in total. The predicted molar refractivity (Wildman–Crippen MR) is 125 cm³/mol. The average Bonchev–Trinajstić information content (AvgIpc) is 2.86. The Morgan fingerprint density at radius 2 is 1.35 bits per heavy atom. The van der Waals surface area contributed by atoms with Crippen LogP contribution in [0, 0.1) is 0 Å². The molecule has 0 atom stereocenters. The molecule has 0 N–H and O–H groups in total. The third kappa shape index (κ3) is 9.36. The maximum atomic E-state index is 12.2. The number of methoxy groups -OCH3 is 2. The van der Waals surface area contributed by atoms with Crippen LogP contribution in [0.5, 0.6) is 17.2 Å². The molecule has 8 heteroatoms. The van der Waals surface area contributed by atoms with E-state index in [9.17, 15) is 14.4 Å². The number of hydrogen-bond acceptors (Lipinski definition) is 8. The molecule has 0 fully saturated rings. The van der Waals surface area contributed by atoms with Crippen molar-refractivity contribution in [2.24, 2.45) is 0 Å². The smallest absolute Gasteiger partial charge is 0.343 e. The van der Waals surface area contributed by atoms with E-state index in [2.05, 4.69) is 11.3 Å². The van der Waals surface area contributed by atoms with Crippen LogP contribution in [-0.2, 0) is 19.1 Å². The van der Waals surface area contributed by atoms with Crippen molar-refractivity contribution >= 4 is 17.9 Å². The maximum Gasteiger partial charge on any atom is 0.343 e. The molecule has 182 valence electrons. The largest absolute Gasteiger partial charge is 0.497 e. The molecule has 0 radical (unpaired) electrons. The number of hydrogen-bond donors (Lipinski definition) is 0. The van der Waals surface area contributed by atoms with Gasteiger partial charge in [0.25, 0.3) is 0 Å². The van der Waals surface area contributed by atoms with Gasteiger partial charge in [-0.1, -0.05) is 6.58 Å². The molecule has 0 aromatic heterocycles. The van der Waals surface area contributed by atoms with Crippen LogP contribution in [0.3, 0.4) is 0 Å². The summed E-state index contributed by atoms with van der Waals surface area (Å²) in [6, 6.07) is 13.5. The summed E-state index contributed by atoms with van der Waals surface area (Å²) in [6.07, 6.45) is 3.18. The monoisotopic (exact) mass is 470 g/mol. The van der Waals surface area contributed by atoms with E-state index in [1.165, 1.54) is 7.11 Å². The predicted octanol–water partition coefficient (Wildman–Crippen LogP) is 4.52. The quantitative estimate of drug-likeness (QED) is 0.172. The highest BCUT2D eigenvalue weighted by atomic mass is 16.5. The molecule has 0 aliphatic carbocycles. The molecular formula is C26H30O8. The number of carbonyl (C=O) groups excluding carboxylic acids is 3. The average molecular weight is 471 g/mol. The third-order valence-corrected chi connectivity index (χ3v) is 4.77. The lowest BCUT2D eigenvalue weighted by atomic mass is 10.2. The van der Waals surface area contributed by atoms with Crippen molar-refractivity contribution in [1.29, 1.82) is 0 Å². The first-order valence-electron chi connectivity index (χ1n) is 10.9. The lowest BCUT2D eigenvalue weighted by molar-refractivity contribution is -0.144. The molecule has 0 spiro atoms. The lowest BCUT2D eigenvalue weighted by Gasteiger charge is -2.09. The molecule has 0 unspecified atom stereocenters. The summed E-state index contributed by atoms with van der Waals surface area (Å²) in [5, 5.41) is 0. The fourth-order valence-electron chi connectivity index (χ4n) is 2.83. The van der Waals surface area contributed by atoms with Crippen molar-refractivity contribution in [3.8, 4) is 17.2 Å². The molecule has 2 rings (SSSR count). The highest BCUT2D eigenvalue weighted by molar-refractivity contribution is 5.93. The van der Waals surface area contributed by atoms with Crippen LogP contribution in [0.2, 0.25) is 0 Å². The maximum absolute atomic E-state index is 12.2. The van der Waals surface area contributed by atoms with Gasteiger partial charge in [0, 0.05) is 5.57 Å².